The van der Waals surface area contributed by atoms with Crippen molar-refractivity contribution in [2.45, 2.75) is 20.0 Å². The van der Waals surface area contributed by atoms with Gasteiger partial charge in [-0.15, -0.1) is 0 Å². The third kappa shape index (κ3) is 4.60. The van der Waals surface area contributed by atoms with Gasteiger partial charge in [0.15, 0.2) is 17.6 Å². The number of carboxylic acid groups (broad SMARTS) is 1. The van der Waals surface area contributed by atoms with Crippen LogP contribution in [-0.4, -0.2) is 34.9 Å². The first-order chi connectivity index (χ1) is 14.3. The summed E-state index contributed by atoms with van der Waals surface area (Å²) in [4.78, 5) is 37.5. The lowest BCUT2D eigenvalue weighted by Crippen LogP contribution is -2.27. The van der Waals surface area contributed by atoms with E-state index in [4.69, 9.17) is 26.2 Å². The van der Waals surface area contributed by atoms with Crippen molar-refractivity contribution in [3.05, 3.63) is 58.0 Å². The number of hydrogen-bond acceptors (Lipinski definition) is 6. The summed E-state index contributed by atoms with van der Waals surface area (Å²) < 4.78 is 11.0. The lowest BCUT2D eigenvalue weighted by molar-refractivity contribution is -0.144. The monoisotopic (exact) mass is 447 g/mol. The number of imide groups is 1. The van der Waals surface area contributed by atoms with E-state index in [0.29, 0.717) is 28.6 Å². The van der Waals surface area contributed by atoms with Crippen molar-refractivity contribution in [2.75, 3.05) is 11.5 Å². The van der Waals surface area contributed by atoms with E-state index < -0.39 is 23.2 Å². The van der Waals surface area contributed by atoms with Gasteiger partial charge in [-0.1, -0.05) is 29.8 Å². The van der Waals surface area contributed by atoms with Crippen LogP contribution in [0.3, 0.4) is 0 Å². The van der Waals surface area contributed by atoms with Crippen LogP contribution in [-0.2, 0) is 9.59 Å². The highest BCUT2D eigenvalue weighted by molar-refractivity contribution is 8.19. The van der Waals surface area contributed by atoms with Crippen LogP contribution in [0.5, 0.6) is 11.5 Å². The molecule has 1 heterocycles. The first kappa shape index (κ1) is 21.7. The maximum Gasteiger partial charge on any atom is 0.344 e. The number of amides is 2. The Morgan fingerprint density at radius 3 is 2.63 bits per heavy atom. The molecule has 1 N–H and O–H groups in total. The second-order valence-corrected chi connectivity index (χ2v) is 7.61. The zero-order valence-corrected chi connectivity index (χ0v) is 17.7. The number of carbonyl (C=O) groups excluding carboxylic acids is 2. The summed E-state index contributed by atoms with van der Waals surface area (Å²) >= 11 is 6.94. The smallest absolute Gasteiger partial charge is 0.344 e. The minimum Gasteiger partial charge on any atom is -0.490 e. The maximum atomic E-state index is 12.8. The Morgan fingerprint density at radius 2 is 1.97 bits per heavy atom. The third-order valence-corrected chi connectivity index (χ3v) is 5.29. The van der Waals surface area contributed by atoms with Crippen molar-refractivity contribution in [1.82, 2.24) is 0 Å². The third-order valence-electron chi connectivity index (χ3n) is 4.10. The molecule has 1 fully saturated rings. The van der Waals surface area contributed by atoms with Crippen LogP contribution in [0.4, 0.5) is 10.5 Å². The standard InChI is InChI=1S/C21H18ClNO6S/c1-3-28-17-10-13(8-9-16(17)29-12(2)20(25)26)11-18-19(24)23(21(27)30-18)15-7-5-4-6-14(15)22/h4-12H,3H2,1-2H3,(H,25,26)/b18-11+. The summed E-state index contributed by atoms with van der Waals surface area (Å²) in [6.45, 7) is 3.53. The molecule has 2 aromatic carbocycles. The first-order valence-corrected chi connectivity index (χ1v) is 10.2. The Kier molecular flexibility index (Phi) is 6.69. The predicted octanol–water partition coefficient (Wildman–Crippen LogP) is 4.83. The minimum atomic E-state index is -1.10. The minimum absolute atomic E-state index is 0.231. The Bertz CT molecular complexity index is 1040. The number of carboxylic acids is 1. The number of anilines is 1. The van der Waals surface area contributed by atoms with Gasteiger partial charge in [-0.25, -0.2) is 9.69 Å². The summed E-state index contributed by atoms with van der Waals surface area (Å²) in [7, 11) is 0. The lowest BCUT2D eigenvalue weighted by Gasteiger charge is -2.15. The van der Waals surface area contributed by atoms with Gasteiger partial charge in [-0.3, -0.25) is 9.59 Å². The van der Waals surface area contributed by atoms with Gasteiger partial charge < -0.3 is 14.6 Å². The molecular formula is C21H18ClNO6S. The molecule has 1 saturated heterocycles. The van der Waals surface area contributed by atoms with Crippen LogP contribution in [0, 0.1) is 0 Å². The number of aliphatic carboxylic acids is 1. The molecule has 0 aromatic heterocycles. The molecule has 0 radical (unpaired) electrons. The zero-order chi connectivity index (χ0) is 21.8. The fourth-order valence-corrected chi connectivity index (χ4v) is 3.74. The normalized spacial score (nSPS) is 16.1. The molecule has 7 nitrogen and oxygen atoms in total. The van der Waals surface area contributed by atoms with Gasteiger partial charge in [-0.05, 0) is 61.5 Å². The number of ether oxygens (including phenoxy) is 2. The van der Waals surface area contributed by atoms with E-state index in [1.54, 1.807) is 55.5 Å². The molecule has 1 aliphatic heterocycles. The van der Waals surface area contributed by atoms with E-state index in [-0.39, 0.29) is 10.7 Å². The molecule has 3 rings (SSSR count). The van der Waals surface area contributed by atoms with E-state index in [0.717, 1.165) is 16.7 Å². The highest BCUT2D eigenvalue weighted by Crippen LogP contribution is 2.39. The molecule has 1 atom stereocenters. The highest BCUT2D eigenvalue weighted by atomic mass is 35.5. The van der Waals surface area contributed by atoms with Crippen LogP contribution in [0.15, 0.2) is 47.4 Å². The topological polar surface area (TPSA) is 93.1 Å². The number of thioether (sulfide) groups is 1. The number of hydrogen-bond donors (Lipinski definition) is 1. The summed E-state index contributed by atoms with van der Waals surface area (Å²) in [5.74, 6) is -0.969. The summed E-state index contributed by atoms with van der Waals surface area (Å²) in [6, 6.07) is 11.4. The molecule has 1 unspecified atom stereocenters. The second-order valence-electron chi connectivity index (χ2n) is 6.21. The number of rotatable bonds is 7. The van der Waals surface area contributed by atoms with Gasteiger partial charge in [0.25, 0.3) is 11.1 Å². The van der Waals surface area contributed by atoms with Gasteiger partial charge in [0, 0.05) is 0 Å². The molecule has 0 bridgehead atoms. The summed E-state index contributed by atoms with van der Waals surface area (Å²) in [5.41, 5.74) is 0.921. The molecule has 2 amide bonds. The molecular weight excluding hydrogens is 430 g/mol. The van der Waals surface area contributed by atoms with Gasteiger partial charge in [0.05, 0.1) is 22.2 Å². The van der Waals surface area contributed by atoms with Gasteiger partial charge in [-0.2, -0.15) is 0 Å². The Labute approximate surface area is 182 Å². The van der Waals surface area contributed by atoms with Crippen molar-refractivity contribution < 1.29 is 29.0 Å². The fourth-order valence-electron chi connectivity index (χ4n) is 2.68. The quantitative estimate of drug-likeness (QED) is 0.607. The van der Waals surface area contributed by atoms with Crippen molar-refractivity contribution in [1.29, 1.82) is 0 Å². The van der Waals surface area contributed by atoms with E-state index in [1.807, 2.05) is 0 Å². The molecule has 9 heteroatoms. The van der Waals surface area contributed by atoms with Crippen LogP contribution < -0.4 is 14.4 Å². The molecule has 2 aromatic rings. The average molecular weight is 448 g/mol. The van der Waals surface area contributed by atoms with E-state index in [2.05, 4.69) is 0 Å². The SMILES string of the molecule is CCOc1cc(/C=C2/SC(=O)N(c3ccccc3Cl)C2=O)ccc1OC(C)C(=O)O. The van der Waals surface area contributed by atoms with Crippen LogP contribution in [0.25, 0.3) is 6.08 Å². The molecule has 0 aliphatic carbocycles. The second kappa shape index (κ2) is 9.23. The number of halogens is 1. The first-order valence-electron chi connectivity index (χ1n) is 9.00. The van der Waals surface area contributed by atoms with Crippen molar-refractivity contribution in [2.24, 2.45) is 0 Å². The van der Waals surface area contributed by atoms with Gasteiger partial charge >= 0.3 is 5.97 Å². The average Bonchev–Trinajstić information content (AvgIpc) is 2.97. The van der Waals surface area contributed by atoms with E-state index >= 15 is 0 Å². The fraction of sp³-hybridized carbons (Fsp3) is 0.190. The number of nitrogens with zero attached hydrogens (tertiary/aromatic N) is 1. The Morgan fingerprint density at radius 1 is 1.23 bits per heavy atom. The van der Waals surface area contributed by atoms with Crippen LogP contribution in [0.2, 0.25) is 5.02 Å². The Hall–Kier alpha value is -2.97. The number of benzene rings is 2. The van der Waals surface area contributed by atoms with Gasteiger partial charge in [0.2, 0.25) is 0 Å². The van der Waals surface area contributed by atoms with Gasteiger partial charge in [0.1, 0.15) is 0 Å². The molecule has 0 spiro atoms. The maximum absolute atomic E-state index is 12.8. The Balaban J connectivity index is 1.90. The van der Waals surface area contributed by atoms with Crippen molar-refractivity contribution in [3.63, 3.8) is 0 Å². The van der Waals surface area contributed by atoms with Crippen molar-refractivity contribution in [3.8, 4) is 11.5 Å². The van der Waals surface area contributed by atoms with Crippen LogP contribution in [0.1, 0.15) is 19.4 Å². The zero-order valence-electron chi connectivity index (χ0n) is 16.1. The van der Waals surface area contributed by atoms with Crippen LogP contribution >= 0.6 is 23.4 Å². The molecule has 156 valence electrons. The van der Waals surface area contributed by atoms with E-state index in [9.17, 15) is 14.4 Å². The predicted molar refractivity (Wildman–Crippen MR) is 115 cm³/mol. The molecule has 30 heavy (non-hydrogen) atoms. The van der Waals surface area contributed by atoms with Crippen molar-refractivity contribution >= 4 is 52.2 Å². The summed E-state index contributed by atoms with van der Waals surface area (Å²) in [5, 5.41) is 8.89. The largest absolute Gasteiger partial charge is 0.490 e. The molecule has 1 aliphatic rings. The number of carbonyl (C=O) groups is 3. The molecule has 0 saturated carbocycles. The lowest BCUT2D eigenvalue weighted by atomic mass is 10.1. The highest BCUT2D eigenvalue weighted by Gasteiger charge is 2.37. The summed E-state index contributed by atoms with van der Waals surface area (Å²) in [6.07, 6.45) is 0.511. The van der Waals surface area contributed by atoms with E-state index in [1.165, 1.54) is 6.92 Å². The number of para-hydroxylation sites is 1.